The molecule has 0 saturated carbocycles. The number of hydrogen-bond acceptors (Lipinski definition) is 3. The normalized spacial score (nSPS) is 16.4. The van der Waals surface area contributed by atoms with Crippen LogP contribution in [0.4, 0.5) is 5.69 Å². The van der Waals surface area contributed by atoms with Gasteiger partial charge in [-0.15, -0.1) is 0 Å². The Bertz CT molecular complexity index is 864. The molecule has 1 atom stereocenters. The first kappa shape index (κ1) is 19.2. The Balaban J connectivity index is 1.58. The van der Waals surface area contributed by atoms with Crippen molar-refractivity contribution in [1.29, 1.82) is 0 Å². The highest BCUT2D eigenvalue weighted by molar-refractivity contribution is 5.95. The standard InChI is InChI=1S/C23H27NO3/c1-15-13-18(23(2,3)4)10-11-20(15)27-21(25)12-9-17-14-16-7-5-6-8-19(16)24-22(17)26/h5-8,10-11,13,17H,9,12,14H2,1-4H3,(H,24,26). The highest BCUT2D eigenvalue weighted by Gasteiger charge is 2.26. The lowest BCUT2D eigenvalue weighted by atomic mass is 9.86. The smallest absolute Gasteiger partial charge is 0.311 e. The summed E-state index contributed by atoms with van der Waals surface area (Å²) in [4.78, 5) is 24.5. The van der Waals surface area contributed by atoms with E-state index in [4.69, 9.17) is 4.74 Å². The summed E-state index contributed by atoms with van der Waals surface area (Å²) in [5, 5.41) is 2.92. The fourth-order valence-corrected chi connectivity index (χ4v) is 3.34. The summed E-state index contributed by atoms with van der Waals surface area (Å²) in [6, 6.07) is 13.7. The third-order valence-corrected chi connectivity index (χ3v) is 5.07. The number of anilines is 1. The summed E-state index contributed by atoms with van der Waals surface area (Å²) >= 11 is 0. The van der Waals surface area contributed by atoms with E-state index in [1.54, 1.807) is 0 Å². The van der Waals surface area contributed by atoms with E-state index in [0.29, 0.717) is 18.6 Å². The van der Waals surface area contributed by atoms with Gasteiger partial charge in [-0.3, -0.25) is 9.59 Å². The zero-order valence-corrected chi connectivity index (χ0v) is 16.5. The van der Waals surface area contributed by atoms with Crippen LogP contribution in [0.25, 0.3) is 0 Å². The minimum atomic E-state index is -0.298. The Hall–Kier alpha value is -2.62. The van der Waals surface area contributed by atoms with Gasteiger partial charge in [0.2, 0.25) is 5.91 Å². The average Bonchev–Trinajstić information content (AvgIpc) is 2.60. The lowest BCUT2D eigenvalue weighted by Crippen LogP contribution is -2.30. The van der Waals surface area contributed by atoms with Gasteiger partial charge in [0.1, 0.15) is 5.75 Å². The maximum Gasteiger partial charge on any atom is 0.311 e. The molecule has 0 fully saturated rings. The predicted octanol–water partition coefficient (Wildman–Crippen LogP) is 4.79. The largest absolute Gasteiger partial charge is 0.426 e. The molecule has 0 saturated heterocycles. The molecule has 4 heteroatoms. The SMILES string of the molecule is Cc1cc(C(C)(C)C)ccc1OC(=O)CCC1Cc2ccccc2NC1=O. The number of aryl methyl sites for hydroxylation is 1. The highest BCUT2D eigenvalue weighted by Crippen LogP contribution is 2.29. The predicted molar refractivity (Wildman–Crippen MR) is 107 cm³/mol. The number of ether oxygens (including phenoxy) is 1. The van der Waals surface area contributed by atoms with Crippen molar-refractivity contribution in [1.82, 2.24) is 0 Å². The van der Waals surface area contributed by atoms with Crippen LogP contribution in [0.3, 0.4) is 0 Å². The van der Waals surface area contributed by atoms with E-state index >= 15 is 0 Å². The Morgan fingerprint density at radius 2 is 1.93 bits per heavy atom. The third-order valence-electron chi connectivity index (χ3n) is 5.07. The monoisotopic (exact) mass is 365 g/mol. The van der Waals surface area contributed by atoms with Gasteiger partial charge in [0.05, 0.1) is 0 Å². The molecule has 1 amide bonds. The molecule has 4 nitrogen and oxygen atoms in total. The number of benzene rings is 2. The van der Waals surface area contributed by atoms with Crippen molar-refractivity contribution in [3.63, 3.8) is 0 Å². The second-order valence-corrected chi connectivity index (χ2v) is 8.29. The highest BCUT2D eigenvalue weighted by atomic mass is 16.5. The molecule has 142 valence electrons. The van der Waals surface area contributed by atoms with Crippen LogP contribution in [0.1, 0.15) is 50.3 Å². The molecule has 0 aromatic heterocycles. The van der Waals surface area contributed by atoms with E-state index in [9.17, 15) is 9.59 Å². The van der Waals surface area contributed by atoms with Crippen molar-refractivity contribution in [3.8, 4) is 5.75 Å². The van der Waals surface area contributed by atoms with Crippen LogP contribution in [0, 0.1) is 12.8 Å². The molecule has 27 heavy (non-hydrogen) atoms. The van der Waals surface area contributed by atoms with Crippen LogP contribution in [0.5, 0.6) is 5.75 Å². The minimum absolute atomic E-state index is 0.0211. The van der Waals surface area contributed by atoms with E-state index in [-0.39, 0.29) is 29.6 Å². The van der Waals surface area contributed by atoms with Gasteiger partial charge in [0.25, 0.3) is 0 Å². The van der Waals surface area contributed by atoms with Crippen molar-refractivity contribution >= 4 is 17.6 Å². The molecule has 0 bridgehead atoms. The summed E-state index contributed by atoms with van der Waals surface area (Å²) in [7, 11) is 0. The average molecular weight is 365 g/mol. The number of carbonyl (C=O) groups excluding carboxylic acids is 2. The topological polar surface area (TPSA) is 55.4 Å². The second-order valence-electron chi connectivity index (χ2n) is 8.29. The Morgan fingerprint density at radius 1 is 1.19 bits per heavy atom. The van der Waals surface area contributed by atoms with E-state index in [1.165, 1.54) is 5.56 Å². The number of nitrogens with one attached hydrogen (secondary N) is 1. The summed E-state index contributed by atoms with van der Waals surface area (Å²) in [5.74, 6) is 0.0729. The van der Waals surface area contributed by atoms with Gasteiger partial charge in [-0.1, -0.05) is 51.1 Å². The first-order valence-corrected chi connectivity index (χ1v) is 9.44. The van der Waals surface area contributed by atoms with Crippen LogP contribution < -0.4 is 10.1 Å². The van der Waals surface area contributed by atoms with Gasteiger partial charge in [-0.25, -0.2) is 0 Å². The van der Waals surface area contributed by atoms with Gasteiger partial charge in [-0.05, 0) is 54.0 Å². The Labute approximate surface area is 160 Å². The summed E-state index contributed by atoms with van der Waals surface area (Å²) in [6.45, 7) is 8.41. The van der Waals surface area contributed by atoms with Crippen molar-refractivity contribution < 1.29 is 14.3 Å². The number of esters is 1. The number of para-hydroxylation sites is 1. The molecule has 1 unspecified atom stereocenters. The molecule has 1 heterocycles. The molecule has 1 N–H and O–H groups in total. The molecule has 0 radical (unpaired) electrons. The van der Waals surface area contributed by atoms with Crippen molar-refractivity contribution in [3.05, 3.63) is 59.2 Å². The molecule has 2 aromatic rings. The van der Waals surface area contributed by atoms with E-state index < -0.39 is 0 Å². The van der Waals surface area contributed by atoms with Crippen molar-refractivity contribution in [2.75, 3.05) is 5.32 Å². The third kappa shape index (κ3) is 4.57. The summed E-state index contributed by atoms with van der Waals surface area (Å²) in [6.07, 6.45) is 1.37. The lowest BCUT2D eigenvalue weighted by Gasteiger charge is -2.24. The number of rotatable bonds is 4. The number of hydrogen-bond donors (Lipinski definition) is 1. The lowest BCUT2D eigenvalue weighted by molar-refractivity contribution is -0.134. The second kappa shape index (κ2) is 7.55. The van der Waals surface area contributed by atoms with E-state index in [1.807, 2.05) is 43.3 Å². The molecular formula is C23H27NO3. The van der Waals surface area contributed by atoms with Gasteiger partial charge >= 0.3 is 5.97 Å². The molecule has 2 aromatic carbocycles. The Morgan fingerprint density at radius 3 is 2.63 bits per heavy atom. The van der Waals surface area contributed by atoms with Gasteiger partial charge in [0, 0.05) is 18.0 Å². The van der Waals surface area contributed by atoms with Gasteiger partial charge in [0.15, 0.2) is 0 Å². The fraction of sp³-hybridized carbons (Fsp3) is 0.391. The van der Waals surface area contributed by atoms with Crippen LogP contribution in [0.15, 0.2) is 42.5 Å². The van der Waals surface area contributed by atoms with Crippen LogP contribution in [0.2, 0.25) is 0 Å². The first-order valence-electron chi connectivity index (χ1n) is 9.44. The maximum absolute atomic E-state index is 12.3. The Kier molecular flexibility index (Phi) is 5.36. The molecule has 3 rings (SSSR count). The number of amides is 1. The molecule has 0 spiro atoms. The maximum atomic E-state index is 12.3. The molecule has 1 aliphatic rings. The fourth-order valence-electron chi connectivity index (χ4n) is 3.34. The van der Waals surface area contributed by atoms with E-state index in [2.05, 4.69) is 32.2 Å². The van der Waals surface area contributed by atoms with Crippen LogP contribution in [-0.2, 0) is 21.4 Å². The number of fused-ring (bicyclic) bond motifs is 1. The van der Waals surface area contributed by atoms with Gasteiger partial charge < -0.3 is 10.1 Å². The first-order chi connectivity index (χ1) is 12.7. The zero-order valence-electron chi connectivity index (χ0n) is 16.5. The summed E-state index contributed by atoms with van der Waals surface area (Å²) in [5.41, 5.74) is 4.19. The number of carbonyl (C=O) groups is 2. The quantitative estimate of drug-likeness (QED) is 0.626. The molecule has 1 aliphatic heterocycles. The zero-order chi connectivity index (χ0) is 19.6. The van der Waals surface area contributed by atoms with Crippen LogP contribution >= 0.6 is 0 Å². The van der Waals surface area contributed by atoms with Gasteiger partial charge in [-0.2, -0.15) is 0 Å². The van der Waals surface area contributed by atoms with Crippen molar-refractivity contribution in [2.45, 2.75) is 52.4 Å². The summed E-state index contributed by atoms with van der Waals surface area (Å²) < 4.78 is 5.54. The van der Waals surface area contributed by atoms with Crippen molar-refractivity contribution in [2.24, 2.45) is 5.92 Å². The van der Waals surface area contributed by atoms with E-state index in [0.717, 1.165) is 16.8 Å². The minimum Gasteiger partial charge on any atom is -0.426 e. The molecular weight excluding hydrogens is 338 g/mol. The molecule has 0 aliphatic carbocycles. The van der Waals surface area contributed by atoms with Crippen LogP contribution in [-0.4, -0.2) is 11.9 Å².